The third-order valence-electron chi connectivity index (χ3n) is 2.71. The molecule has 1 aliphatic carbocycles. The van der Waals surface area contributed by atoms with E-state index in [1.165, 1.54) is 0 Å². The summed E-state index contributed by atoms with van der Waals surface area (Å²) in [5.41, 5.74) is 7.53. The van der Waals surface area contributed by atoms with Gasteiger partial charge in [0, 0.05) is 5.56 Å². The molecule has 3 nitrogen and oxygen atoms in total. The Morgan fingerprint density at radius 1 is 1.53 bits per heavy atom. The summed E-state index contributed by atoms with van der Waals surface area (Å²) in [7, 11) is 0. The number of benzene rings is 1. The molecule has 1 aliphatic rings. The van der Waals surface area contributed by atoms with Crippen LogP contribution in [-0.4, -0.2) is 18.4 Å². The van der Waals surface area contributed by atoms with Crippen LogP contribution in [0.25, 0.3) is 0 Å². The predicted octanol–water partition coefficient (Wildman–Crippen LogP) is 1.54. The summed E-state index contributed by atoms with van der Waals surface area (Å²) in [5, 5.41) is 0. The van der Waals surface area contributed by atoms with Crippen molar-refractivity contribution >= 4 is 5.78 Å². The normalized spacial score (nSPS) is 19.9. The lowest BCUT2D eigenvalue weighted by atomic mass is 9.87. The average Bonchev–Trinajstić information content (AvgIpc) is 2.24. The van der Waals surface area contributed by atoms with Gasteiger partial charge in [-0.3, -0.25) is 4.79 Å². The average molecular weight is 205 g/mol. The van der Waals surface area contributed by atoms with Gasteiger partial charge in [-0.05, 0) is 43.5 Å². The van der Waals surface area contributed by atoms with Crippen LogP contribution in [0.4, 0.5) is 0 Å². The van der Waals surface area contributed by atoms with Crippen molar-refractivity contribution in [1.29, 1.82) is 0 Å². The Kier molecular flexibility index (Phi) is 2.73. The van der Waals surface area contributed by atoms with Gasteiger partial charge >= 0.3 is 0 Å². The molecular formula is C12H15NO2. The first-order valence-corrected chi connectivity index (χ1v) is 5.28. The second-order valence-electron chi connectivity index (χ2n) is 3.76. The number of nitrogens with two attached hydrogens (primary N) is 1. The summed E-state index contributed by atoms with van der Waals surface area (Å²) in [6.45, 7) is 2.59. The largest absolute Gasteiger partial charge is 0.494 e. The molecule has 1 unspecified atom stereocenters. The molecule has 2 N–H and O–H groups in total. The number of hydrogen-bond acceptors (Lipinski definition) is 3. The standard InChI is InChI=1S/C12H15NO2/c1-2-15-9-4-5-10-8(7-9)3-6-11(13)12(10)14/h4-5,7,11H,2-3,6,13H2,1H3. The van der Waals surface area contributed by atoms with E-state index in [1.807, 2.05) is 25.1 Å². The molecule has 0 aliphatic heterocycles. The van der Waals surface area contributed by atoms with Gasteiger partial charge in [0.05, 0.1) is 12.6 Å². The number of carbonyl (C=O) groups excluding carboxylic acids is 1. The van der Waals surface area contributed by atoms with Gasteiger partial charge in [0.25, 0.3) is 0 Å². The topological polar surface area (TPSA) is 52.3 Å². The van der Waals surface area contributed by atoms with Crippen LogP contribution in [0.3, 0.4) is 0 Å². The van der Waals surface area contributed by atoms with Crippen molar-refractivity contribution < 1.29 is 9.53 Å². The molecule has 1 atom stereocenters. The monoisotopic (exact) mass is 205 g/mol. The van der Waals surface area contributed by atoms with Gasteiger partial charge in [-0.2, -0.15) is 0 Å². The van der Waals surface area contributed by atoms with E-state index in [0.29, 0.717) is 6.61 Å². The molecule has 0 saturated carbocycles. The van der Waals surface area contributed by atoms with Crippen LogP contribution in [-0.2, 0) is 6.42 Å². The van der Waals surface area contributed by atoms with Gasteiger partial charge in [0.1, 0.15) is 5.75 Å². The van der Waals surface area contributed by atoms with Gasteiger partial charge < -0.3 is 10.5 Å². The zero-order valence-corrected chi connectivity index (χ0v) is 8.82. The molecular weight excluding hydrogens is 190 g/mol. The summed E-state index contributed by atoms with van der Waals surface area (Å²) in [6, 6.07) is 5.28. The number of ether oxygens (including phenoxy) is 1. The highest BCUT2D eigenvalue weighted by Crippen LogP contribution is 2.24. The van der Waals surface area contributed by atoms with Gasteiger partial charge in [-0.15, -0.1) is 0 Å². The molecule has 80 valence electrons. The summed E-state index contributed by atoms with van der Waals surface area (Å²) in [5.74, 6) is 0.888. The van der Waals surface area contributed by atoms with Crippen molar-refractivity contribution in [1.82, 2.24) is 0 Å². The highest BCUT2D eigenvalue weighted by Gasteiger charge is 2.24. The predicted molar refractivity (Wildman–Crippen MR) is 58.2 cm³/mol. The van der Waals surface area contributed by atoms with Crippen LogP contribution in [0.1, 0.15) is 29.3 Å². The van der Waals surface area contributed by atoms with Crippen LogP contribution < -0.4 is 10.5 Å². The van der Waals surface area contributed by atoms with Crippen molar-refractivity contribution in [3.8, 4) is 5.75 Å². The summed E-state index contributed by atoms with van der Waals surface area (Å²) < 4.78 is 5.39. The third-order valence-corrected chi connectivity index (χ3v) is 2.71. The fourth-order valence-corrected chi connectivity index (χ4v) is 1.92. The van der Waals surface area contributed by atoms with Crippen LogP contribution in [0.15, 0.2) is 18.2 Å². The Morgan fingerprint density at radius 3 is 3.07 bits per heavy atom. The molecule has 0 saturated heterocycles. The van der Waals surface area contributed by atoms with Crippen molar-refractivity contribution in [3.63, 3.8) is 0 Å². The lowest BCUT2D eigenvalue weighted by molar-refractivity contribution is 0.0948. The van der Waals surface area contributed by atoms with Crippen molar-refractivity contribution in [3.05, 3.63) is 29.3 Å². The lowest BCUT2D eigenvalue weighted by Gasteiger charge is -2.20. The molecule has 3 heteroatoms. The molecule has 0 amide bonds. The molecule has 0 radical (unpaired) electrons. The molecule has 0 spiro atoms. The first-order chi connectivity index (χ1) is 7.22. The maximum Gasteiger partial charge on any atom is 0.179 e. The Bertz CT molecular complexity index is 387. The highest BCUT2D eigenvalue weighted by atomic mass is 16.5. The number of aryl methyl sites for hydroxylation is 1. The Labute approximate surface area is 89.2 Å². The van der Waals surface area contributed by atoms with Crippen LogP contribution in [0.2, 0.25) is 0 Å². The summed E-state index contributed by atoms with van der Waals surface area (Å²) in [6.07, 6.45) is 1.60. The van der Waals surface area contributed by atoms with Crippen LogP contribution >= 0.6 is 0 Å². The minimum atomic E-state index is -0.324. The van der Waals surface area contributed by atoms with E-state index in [9.17, 15) is 4.79 Å². The van der Waals surface area contributed by atoms with Crippen molar-refractivity contribution in [2.24, 2.45) is 5.73 Å². The smallest absolute Gasteiger partial charge is 0.179 e. The second-order valence-corrected chi connectivity index (χ2v) is 3.76. The molecule has 0 fully saturated rings. The van der Waals surface area contributed by atoms with E-state index in [0.717, 1.165) is 29.7 Å². The quantitative estimate of drug-likeness (QED) is 0.796. The molecule has 0 heterocycles. The van der Waals surface area contributed by atoms with Crippen molar-refractivity contribution in [2.75, 3.05) is 6.61 Å². The minimum Gasteiger partial charge on any atom is -0.494 e. The van der Waals surface area contributed by atoms with Gasteiger partial charge in [-0.25, -0.2) is 0 Å². The van der Waals surface area contributed by atoms with Crippen LogP contribution in [0.5, 0.6) is 5.75 Å². The van der Waals surface area contributed by atoms with E-state index in [4.69, 9.17) is 10.5 Å². The SMILES string of the molecule is CCOc1ccc2c(c1)CCC(N)C2=O. The fraction of sp³-hybridized carbons (Fsp3) is 0.417. The lowest BCUT2D eigenvalue weighted by Crippen LogP contribution is -2.35. The van der Waals surface area contributed by atoms with Crippen molar-refractivity contribution in [2.45, 2.75) is 25.8 Å². The second kappa shape index (κ2) is 4.03. The fourth-order valence-electron chi connectivity index (χ4n) is 1.92. The minimum absolute atomic E-state index is 0.0549. The highest BCUT2D eigenvalue weighted by molar-refractivity contribution is 6.02. The number of Topliss-reactive ketones (excluding diaryl/α,β-unsaturated/α-hetero) is 1. The van der Waals surface area contributed by atoms with Gasteiger partial charge in [-0.1, -0.05) is 0 Å². The van der Waals surface area contributed by atoms with E-state index < -0.39 is 0 Å². The Hall–Kier alpha value is -1.35. The molecule has 1 aromatic rings. The van der Waals surface area contributed by atoms with Gasteiger partial charge in [0.15, 0.2) is 5.78 Å². The Balaban J connectivity index is 2.34. The third kappa shape index (κ3) is 1.88. The zero-order valence-electron chi connectivity index (χ0n) is 8.82. The first-order valence-electron chi connectivity index (χ1n) is 5.28. The summed E-state index contributed by atoms with van der Waals surface area (Å²) >= 11 is 0. The number of rotatable bonds is 2. The first kappa shape index (κ1) is 10.2. The van der Waals surface area contributed by atoms with E-state index in [1.54, 1.807) is 0 Å². The molecule has 0 bridgehead atoms. The molecule has 2 rings (SSSR count). The summed E-state index contributed by atoms with van der Waals surface area (Å²) in [4.78, 5) is 11.7. The van der Waals surface area contributed by atoms with E-state index >= 15 is 0 Å². The zero-order chi connectivity index (χ0) is 10.8. The number of fused-ring (bicyclic) bond motifs is 1. The van der Waals surface area contributed by atoms with E-state index in [-0.39, 0.29) is 11.8 Å². The van der Waals surface area contributed by atoms with E-state index in [2.05, 4.69) is 0 Å². The number of hydrogen-bond donors (Lipinski definition) is 1. The molecule has 0 aromatic heterocycles. The molecule has 1 aromatic carbocycles. The maximum atomic E-state index is 11.7. The Morgan fingerprint density at radius 2 is 2.33 bits per heavy atom. The molecule has 15 heavy (non-hydrogen) atoms. The number of carbonyl (C=O) groups is 1. The van der Waals surface area contributed by atoms with Gasteiger partial charge in [0.2, 0.25) is 0 Å². The number of ketones is 1. The maximum absolute atomic E-state index is 11.7. The van der Waals surface area contributed by atoms with Crippen LogP contribution in [0, 0.1) is 0 Å².